The smallest absolute Gasteiger partial charge is 0.338 e. The zero-order valence-corrected chi connectivity index (χ0v) is 17.1. The van der Waals surface area contributed by atoms with E-state index in [0.717, 1.165) is 50.3 Å². The second-order valence-electron chi connectivity index (χ2n) is 7.59. The molecule has 0 fully saturated rings. The fourth-order valence-electron chi connectivity index (χ4n) is 3.74. The highest BCUT2D eigenvalue weighted by molar-refractivity contribution is 5.70. The van der Waals surface area contributed by atoms with Gasteiger partial charge in [0.1, 0.15) is 5.75 Å². The summed E-state index contributed by atoms with van der Waals surface area (Å²) < 4.78 is 5.89. The Morgan fingerprint density at radius 1 is 1.21 bits per heavy atom. The van der Waals surface area contributed by atoms with Crippen LogP contribution in [0.15, 0.2) is 42.5 Å². The number of ether oxygens (including phenoxy) is 1. The first-order chi connectivity index (χ1) is 14.1. The number of nitrogens with two attached hydrogens (primary N) is 1. The van der Waals surface area contributed by atoms with Crippen LogP contribution in [0.2, 0.25) is 0 Å². The van der Waals surface area contributed by atoms with Gasteiger partial charge in [0.05, 0.1) is 13.2 Å². The summed E-state index contributed by atoms with van der Waals surface area (Å²) in [4.78, 5) is 13.4. The molecule has 0 aliphatic carbocycles. The number of amides is 2. The Balaban J connectivity index is 1.67. The van der Waals surface area contributed by atoms with Gasteiger partial charge in [0.2, 0.25) is 0 Å². The number of hydroxylamine groups is 2. The highest BCUT2D eigenvalue weighted by Gasteiger charge is 2.18. The first-order valence-electron chi connectivity index (χ1n) is 10.4. The first kappa shape index (κ1) is 21.0. The SMILES string of the molecule is CCCCCOc1cccc(CN2CCCc3cc(CN(O)C(N)=O)ccc32)c1. The average Bonchev–Trinajstić information content (AvgIpc) is 2.71. The predicted octanol–water partition coefficient (Wildman–Crippen LogP) is 4.48. The molecule has 3 rings (SSSR count). The Bertz CT molecular complexity index is 825. The topological polar surface area (TPSA) is 79.0 Å². The number of rotatable bonds is 9. The van der Waals surface area contributed by atoms with Crippen molar-refractivity contribution in [2.45, 2.75) is 52.1 Å². The Hall–Kier alpha value is -2.73. The Morgan fingerprint density at radius 3 is 2.86 bits per heavy atom. The maximum Gasteiger partial charge on any atom is 0.338 e. The van der Waals surface area contributed by atoms with Gasteiger partial charge in [-0.15, -0.1) is 0 Å². The molecule has 0 aromatic heterocycles. The van der Waals surface area contributed by atoms with Gasteiger partial charge in [0.25, 0.3) is 0 Å². The summed E-state index contributed by atoms with van der Waals surface area (Å²) in [6.45, 7) is 4.88. The van der Waals surface area contributed by atoms with Crippen molar-refractivity contribution in [3.05, 3.63) is 59.2 Å². The van der Waals surface area contributed by atoms with Crippen molar-refractivity contribution >= 4 is 11.7 Å². The van der Waals surface area contributed by atoms with E-state index in [0.29, 0.717) is 5.06 Å². The second-order valence-corrected chi connectivity index (χ2v) is 7.59. The number of unbranched alkanes of at least 4 members (excludes halogenated alkanes) is 2. The molecule has 0 radical (unpaired) electrons. The molecule has 0 bridgehead atoms. The van der Waals surface area contributed by atoms with Gasteiger partial charge in [-0.2, -0.15) is 0 Å². The molecule has 29 heavy (non-hydrogen) atoms. The lowest BCUT2D eigenvalue weighted by molar-refractivity contribution is -0.0470. The van der Waals surface area contributed by atoms with Crippen molar-refractivity contribution in [1.29, 1.82) is 0 Å². The van der Waals surface area contributed by atoms with Gasteiger partial charge >= 0.3 is 6.03 Å². The number of anilines is 1. The molecule has 2 aromatic rings. The number of carbonyl (C=O) groups excluding carboxylic acids is 1. The van der Waals surface area contributed by atoms with Crippen LogP contribution in [0.5, 0.6) is 5.75 Å². The Labute approximate surface area is 172 Å². The van der Waals surface area contributed by atoms with Gasteiger partial charge < -0.3 is 15.4 Å². The van der Waals surface area contributed by atoms with E-state index in [2.05, 4.69) is 42.2 Å². The largest absolute Gasteiger partial charge is 0.494 e. The lowest BCUT2D eigenvalue weighted by atomic mass is 9.98. The van der Waals surface area contributed by atoms with Gasteiger partial charge in [-0.05, 0) is 54.2 Å². The summed E-state index contributed by atoms with van der Waals surface area (Å²) in [6, 6.07) is 13.6. The molecule has 156 valence electrons. The quantitative estimate of drug-likeness (QED) is 0.371. The molecule has 2 aromatic carbocycles. The van der Waals surface area contributed by atoms with Crippen LogP contribution in [0.4, 0.5) is 10.5 Å². The molecule has 1 aliphatic rings. The molecule has 6 nitrogen and oxygen atoms in total. The van der Waals surface area contributed by atoms with Crippen molar-refractivity contribution in [2.75, 3.05) is 18.1 Å². The number of hydrogen-bond acceptors (Lipinski definition) is 4. The van der Waals surface area contributed by atoms with Crippen LogP contribution in [-0.4, -0.2) is 29.5 Å². The zero-order valence-electron chi connectivity index (χ0n) is 17.1. The third-order valence-electron chi connectivity index (χ3n) is 5.23. The molecule has 2 amide bonds. The summed E-state index contributed by atoms with van der Waals surface area (Å²) in [5.41, 5.74) is 9.64. The molecule has 3 N–H and O–H groups in total. The van der Waals surface area contributed by atoms with Crippen molar-refractivity contribution in [3.63, 3.8) is 0 Å². The molecule has 0 unspecified atom stereocenters. The van der Waals surface area contributed by atoms with E-state index in [1.165, 1.54) is 29.7 Å². The minimum absolute atomic E-state index is 0.0973. The zero-order chi connectivity index (χ0) is 20.6. The van der Waals surface area contributed by atoms with Crippen LogP contribution in [0.25, 0.3) is 0 Å². The van der Waals surface area contributed by atoms with Crippen LogP contribution < -0.4 is 15.4 Å². The lowest BCUT2D eigenvalue weighted by Crippen LogP contribution is -2.32. The Morgan fingerprint density at radius 2 is 2.07 bits per heavy atom. The Kier molecular flexibility index (Phi) is 7.36. The van der Waals surface area contributed by atoms with Gasteiger partial charge in [-0.1, -0.05) is 44.0 Å². The van der Waals surface area contributed by atoms with E-state index in [-0.39, 0.29) is 6.54 Å². The molecular weight excluding hydrogens is 366 g/mol. The van der Waals surface area contributed by atoms with E-state index >= 15 is 0 Å². The lowest BCUT2D eigenvalue weighted by Gasteiger charge is -2.32. The van der Waals surface area contributed by atoms with E-state index in [4.69, 9.17) is 10.5 Å². The van der Waals surface area contributed by atoms with E-state index in [9.17, 15) is 10.0 Å². The summed E-state index contributed by atoms with van der Waals surface area (Å²) in [5.74, 6) is 0.931. The van der Waals surface area contributed by atoms with Crippen molar-refractivity contribution in [1.82, 2.24) is 5.06 Å². The summed E-state index contributed by atoms with van der Waals surface area (Å²) in [6.07, 6.45) is 5.53. The molecule has 0 saturated heterocycles. The van der Waals surface area contributed by atoms with E-state index in [1.807, 2.05) is 12.1 Å². The van der Waals surface area contributed by atoms with Crippen molar-refractivity contribution < 1.29 is 14.7 Å². The highest BCUT2D eigenvalue weighted by Crippen LogP contribution is 2.30. The molecule has 0 atom stereocenters. The normalized spacial score (nSPS) is 13.1. The molecule has 0 spiro atoms. The number of hydrogen-bond donors (Lipinski definition) is 2. The van der Waals surface area contributed by atoms with Crippen LogP contribution in [0.3, 0.4) is 0 Å². The minimum atomic E-state index is -0.846. The second kappa shape index (κ2) is 10.2. The van der Waals surface area contributed by atoms with Crippen LogP contribution in [0, 0.1) is 0 Å². The van der Waals surface area contributed by atoms with Crippen molar-refractivity contribution in [2.24, 2.45) is 5.73 Å². The maximum absolute atomic E-state index is 11.1. The fraction of sp³-hybridized carbons (Fsp3) is 0.435. The van der Waals surface area contributed by atoms with E-state index < -0.39 is 6.03 Å². The summed E-state index contributed by atoms with van der Waals surface area (Å²) in [5, 5.41) is 10.1. The van der Waals surface area contributed by atoms with Gasteiger partial charge in [-0.3, -0.25) is 5.21 Å². The van der Waals surface area contributed by atoms with Crippen LogP contribution in [-0.2, 0) is 19.5 Å². The number of primary amides is 1. The number of carbonyl (C=O) groups is 1. The average molecular weight is 398 g/mol. The number of aryl methyl sites for hydroxylation is 1. The number of benzene rings is 2. The number of fused-ring (bicyclic) bond motifs is 1. The third kappa shape index (κ3) is 5.87. The standard InChI is InChI=1S/C23H31N3O3/c1-2-3-4-13-29-21-9-5-7-18(15-21)16-25-12-6-8-20-14-19(10-11-22(20)25)17-26(28)23(24)27/h5,7,9-11,14-15,28H,2-4,6,8,12-13,16-17H2,1H3,(H2,24,27). The third-order valence-corrected chi connectivity index (χ3v) is 5.23. The number of nitrogens with zero attached hydrogens (tertiary/aromatic N) is 2. The predicted molar refractivity (Wildman–Crippen MR) is 114 cm³/mol. The van der Waals surface area contributed by atoms with Crippen LogP contribution >= 0.6 is 0 Å². The fourth-order valence-corrected chi connectivity index (χ4v) is 3.74. The van der Waals surface area contributed by atoms with Gasteiger partial charge in [0.15, 0.2) is 0 Å². The molecular formula is C23H31N3O3. The minimum Gasteiger partial charge on any atom is -0.494 e. The maximum atomic E-state index is 11.1. The molecule has 1 aliphatic heterocycles. The van der Waals surface area contributed by atoms with Crippen molar-refractivity contribution in [3.8, 4) is 5.75 Å². The molecule has 0 saturated carbocycles. The summed E-state index contributed by atoms with van der Waals surface area (Å²) in [7, 11) is 0. The first-order valence-corrected chi connectivity index (χ1v) is 10.4. The molecule has 6 heteroatoms. The van der Waals surface area contributed by atoms with E-state index in [1.54, 1.807) is 0 Å². The van der Waals surface area contributed by atoms with Gasteiger partial charge in [-0.25, -0.2) is 9.86 Å². The van der Waals surface area contributed by atoms with Gasteiger partial charge in [0, 0.05) is 18.8 Å². The number of urea groups is 1. The molecule has 1 heterocycles. The highest BCUT2D eigenvalue weighted by atomic mass is 16.5. The monoisotopic (exact) mass is 397 g/mol. The van der Waals surface area contributed by atoms with Crippen LogP contribution in [0.1, 0.15) is 49.3 Å². The summed E-state index contributed by atoms with van der Waals surface area (Å²) >= 11 is 0.